The quantitative estimate of drug-likeness (QED) is 0.752. The van der Waals surface area contributed by atoms with Crippen LogP contribution < -0.4 is 5.73 Å². The van der Waals surface area contributed by atoms with Crippen molar-refractivity contribution in [3.8, 4) is 0 Å². The van der Waals surface area contributed by atoms with Gasteiger partial charge >= 0.3 is 0 Å². The van der Waals surface area contributed by atoms with Gasteiger partial charge in [-0.15, -0.1) is 0 Å². The molecule has 2 N–H and O–H groups in total. The van der Waals surface area contributed by atoms with E-state index in [1.807, 2.05) is 0 Å². The molecule has 0 spiro atoms. The normalized spacial score (nSPS) is 32.1. The van der Waals surface area contributed by atoms with Crippen molar-refractivity contribution in [2.24, 2.45) is 17.1 Å². The van der Waals surface area contributed by atoms with E-state index in [9.17, 15) is 0 Å². The van der Waals surface area contributed by atoms with Crippen LogP contribution in [0.2, 0.25) is 0 Å². The molecule has 0 bridgehead atoms. The number of hydrogen-bond donors (Lipinski definition) is 1. The van der Waals surface area contributed by atoms with Gasteiger partial charge in [-0.2, -0.15) is 0 Å². The SMILES string of the molecule is CC1CC(N(C)CCN)CC(C)(C)C1. The molecule has 0 aromatic heterocycles. The molecule has 84 valence electrons. The van der Waals surface area contributed by atoms with Crippen LogP contribution in [-0.2, 0) is 0 Å². The lowest BCUT2D eigenvalue weighted by Crippen LogP contribution is -2.43. The van der Waals surface area contributed by atoms with Gasteiger partial charge in [0.1, 0.15) is 0 Å². The highest BCUT2D eigenvalue weighted by molar-refractivity contribution is 4.87. The Morgan fingerprint density at radius 1 is 1.36 bits per heavy atom. The van der Waals surface area contributed by atoms with Crippen molar-refractivity contribution in [1.29, 1.82) is 0 Å². The summed E-state index contributed by atoms with van der Waals surface area (Å²) in [6.07, 6.45) is 4.05. The minimum absolute atomic E-state index is 0.519. The van der Waals surface area contributed by atoms with Crippen LogP contribution in [0.4, 0.5) is 0 Å². The zero-order valence-corrected chi connectivity index (χ0v) is 10.2. The lowest BCUT2D eigenvalue weighted by molar-refractivity contribution is 0.0847. The van der Waals surface area contributed by atoms with Gasteiger partial charge in [0.2, 0.25) is 0 Å². The summed E-state index contributed by atoms with van der Waals surface area (Å²) < 4.78 is 0. The molecule has 2 heteroatoms. The second-order valence-electron chi connectivity index (χ2n) is 5.84. The molecule has 1 saturated carbocycles. The van der Waals surface area contributed by atoms with Gasteiger partial charge in [0.15, 0.2) is 0 Å². The van der Waals surface area contributed by atoms with Crippen LogP contribution in [0, 0.1) is 11.3 Å². The highest BCUT2D eigenvalue weighted by atomic mass is 15.1. The summed E-state index contributed by atoms with van der Waals surface area (Å²) in [5.74, 6) is 0.865. The van der Waals surface area contributed by atoms with Gasteiger partial charge in [0.05, 0.1) is 0 Å². The molecule has 0 aromatic carbocycles. The number of nitrogens with two attached hydrogens (primary N) is 1. The molecule has 0 heterocycles. The molecule has 1 rings (SSSR count). The topological polar surface area (TPSA) is 29.3 Å². The lowest BCUT2D eigenvalue weighted by atomic mass is 9.70. The maximum atomic E-state index is 5.60. The van der Waals surface area contributed by atoms with Gasteiger partial charge in [-0.1, -0.05) is 20.8 Å². The van der Waals surface area contributed by atoms with Crippen molar-refractivity contribution < 1.29 is 0 Å². The predicted octanol–water partition coefficient (Wildman–Crippen LogP) is 2.09. The van der Waals surface area contributed by atoms with E-state index in [0.29, 0.717) is 5.41 Å². The van der Waals surface area contributed by atoms with Crippen molar-refractivity contribution in [3.05, 3.63) is 0 Å². The fourth-order valence-electron chi connectivity index (χ4n) is 3.02. The van der Waals surface area contributed by atoms with Gasteiger partial charge in [0, 0.05) is 19.1 Å². The first-order valence-corrected chi connectivity index (χ1v) is 5.85. The third-order valence-electron chi connectivity index (χ3n) is 3.47. The fourth-order valence-corrected chi connectivity index (χ4v) is 3.02. The Hall–Kier alpha value is -0.0800. The molecule has 0 saturated heterocycles. The Labute approximate surface area is 88.8 Å². The van der Waals surface area contributed by atoms with Gasteiger partial charge < -0.3 is 10.6 Å². The standard InChI is InChI=1S/C12H26N2/c1-10-7-11(14(4)6-5-13)9-12(2,3)8-10/h10-11H,5-9,13H2,1-4H3. The molecular weight excluding hydrogens is 172 g/mol. The molecule has 0 aliphatic heterocycles. The van der Waals surface area contributed by atoms with Crippen molar-refractivity contribution in [3.63, 3.8) is 0 Å². The monoisotopic (exact) mass is 198 g/mol. The molecular formula is C12H26N2. The minimum atomic E-state index is 0.519. The summed E-state index contributed by atoms with van der Waals surface area (Å²) >= 11 is 0. The van der Waals surface area contributed by atoms with Crippen molar-refractivity contribution in [1.82, 2.24) is 4.90 Å². The van der Waals surface area contributed by atoms with E-state index in [1.54, 1.807) is 0 Å². The molecule has 0 radical (unpaired) electrons. The largest absolute Gasteiger partial charge is 0.329 e. The summed E-state index contributed by atoms with van der Waals surface area (Å²) in [5, 5.41) is 0. The molecule has 0 amide bonds. The van der Waals surface area contributed by atoms with Crippen molar-refractivity contribution in [2.45, 2.75) is 46.1 Å². The first-order valence-electron chi connectivity index (χ1n) is 5.85. The summed E-state index contributed by atoms with van der Waals surface area (Å²) in [6.45, 7) is 8.98. The third-order valence-corrected chi connectivity index (χ3v) is 3.47. The van der Waals surface area contributed by atoms with Crippen LogP contribution in [-0.4, -0.2) is 31.1 Å². The fraction of sp³-hybridized carbons (Fsp3) is 1.00. The Kier molecular flexibility index (Phi) is 3.96. The highest BCUT2D eigenvalue weighted by Crippen LogP contribution is 2.39. The molecule has 2 unspecified atom stereocenters. The Balaban J connectivity index is 2.53. The molecule has 1 aliphatic rings. The second-order valence-corrected chi connectivity index (χ2v) is 5.84. The summed E-state index contributed by atoms with van der Waals surface area (Å²) in [6, 6.07) is 0.747. The number of likely N-dealkylation sites (N-methyl/N-ethyl adjacent to an activating group) is 1. The van der Waals surface area contributed by atoms with Gasteiger partial charge in [0.25, 0.3) is 0 Å². The van der Waals surface area contributed by atoms with Crippen molar-refractivity contribution in [2.75, 3.05) is 20.1 Å². The van der Waals surface area contributed by atoms with Crippen LogP contribution in [0.5, 0.6) is 0 Å². The average molecular weight is 198 g/mol. The second kappa shape index (κ2) is 4.63. The first kappa shape index (κ1) is 12.0. The predicted molar refractivity (Wildman–Crippen MR) is 62.3 cm³/mol. The molecule has 1 aliphatic carbocycles. The Morgan fingerprint density at radius 2 is 2.00 bits per heavy atom. The molecule has 2 atom stereocenters. The average Bonchev–Trinajstić information content (AvgIpc) is 2.00. The Morgan fingerprint density at radius 3 is 2.50 bits per heavy atom. The van der Waals surface area contributed by atoms with E-state index in [0.717, 1.165) is 25.0 Å². The van der Waals surface area contributed by atoms with Crippen LogP contribution in [0.1, 0.15) is 40.0 Å². The van der Waals surface area contributed by atoms with Crippen LogP contribution in [0.15, 0.2) is 0 Å². The Bertz CT molecular complexity index is 177. The van der Waals surface area contributed by atoms with Crippen LogP contribution in [0.3, 0.4) is 0 Å². The van der Waals surface area contributed by atoms with E-state index in [-0.39, 0.29) is 0 Å². The van der Waals surface area contributed by atoms with Gasteiger partial charge in [-0.05, 0) is 37.6 Å². The smallest absolute Gasteiger partial charge is 0.0104 e. The van der Waals surface area contributed by atoms with E-state index in [1.165, 1.54) is 19.3 Å². The van der Waals surface area contributed by atoms with Gasteiger partial charge in [-0.3, -0.25) is 0 Å². The molecule has 1 fully saturated rings. The van der Waals surface area contributed by atoms with E-state index in [4.69, 9.17) is 5.73 Å². The first-order chi connectivity index (χ1) is 6.44. The summed E-state index contributed by atoms with van der Waals surface area (Å²) in [7, 11) is 2.21. The molecule has 2 nitrogen and oxygen atoms in total. The summed E-state index contributed by atoms with van der Waals surface area (Å²) in [5.41, 5.74) is 6.12. The maximum absolute atomic E-state index is 5.60. The third kappa shape index (κ3) is 3.25. The van der Waals surface area contributed by atoms with E-state index < -0.39 is 0 Å². The summed E-state index contributed by atoms with van der Waals surface area (Å²) in [4.78, 5) is 2.44. The van der Waals surface area contributed by atoms with Crippen molar-refractivity contribution >= 4 is 0 Å². The highest BCUT2D eigenvalue weighted by Gasteiger charge is 2.33. The van der Waals surface area contributed by atoms with Crippen LogP contribution >= 0.6 is 0 Å². The van der Waals surface area contributed by atoms with Gasteiger partial charge in [-0.25, -0.2) is 0 Å². The van der Waals surface area contributed by atoms with Crippen LogP contribution in [0.25, 0.3) is 0 Å². The zero-order valence-electron chi connectivity index (χ0n) is 10.2. The minimum Gasteiger partial charge on any atom is -0.329 e. The molecule has 0 aromatic rings. The molecule has 14 heavy (non-hydrogen) atoms. The maximum Gasteiger partial charge on any atom is 0.0104 e. The number of rotatable bonds is 3. The van der Waals surface area contributed by atoms with E-state index in [2.05, 4.69) is 32.7 Å². The number of hydrogen-bond acceptors (Lipinski definition) is 2. The van der Waals surface area contributed by atoms with E-state index >= 15 is 0 Å². The zero-order chi connectivity index (χ0) is 10.8. The number of nitrogens with zero attached hydrogens (tertiary/aromatic N) is 1. The lowest BCUT2D eigenvalue weighted by Gasteiger charge is -2.42.